The van der Waals surface area contributed by atoms with E-state index in [1.165, 1.54) is 6.42 Å². The molecule has 4 aliphatic rings. The molecule has 4 fully saturated rings. The summed E-state index contributed by atoms with van der Waals surface area (Å²) in [6, 6.07) is 7.19. The van der Waals surface area contributed by atoms with Crippen LogP contribution in [0.5, 0.6) is 0 Å². The summed E-state index contributed by atoms with van der Waals surface area (Å²) in [6.07, 6.45) is 14.2. The van der Waals surface area contributed by atoms with Gasteiger partial charge in [-0.2, -0.15) is 5.10 Å². The molecule has 0 radical (unpaired) electrons. The number of carboxylic acid groups (broad SMARTS) is 1. The molecule has 0 spiro atoms. The van der Waals surface area contributed by atoms with Gasteiger partial charge in [0.25, 0.3) is 0 Å². The van der Waals surface area contributed by atoms with E-state index in [1.807, 2.05) is 24.7 Å². The topological polar surface area (TPSA) is 85.8 Å². The highest BCUT2D eigenvalue weighted by Gasteiger charge is 2.60. The number of hydrogen-bond acceptors (Lipinski definition) is 4. The van der Waals surface area contributed by atoms with Gasteiger partial charge in [0, 0.05) is 23.5 Å². The number of carboxylic acids is 1. The third kappa shape index (κ3) is 2.36. The predicted molar refractivity (Wildman–Crippen MR) is 105 cm³/mol. The smallest absolute Gasteiger partial charge is 0.336 e. The summed E-state index contributed by atoms with van der Waals surface area (Å²) in [6.45, 7) is 0. The third-order valence-corrected chi connectivity index (χ3v) is 7.45. The van der Waals surface area contributed by atoms with Crippen molar-refractivity contribution in [2.45, 2.75) is 49.6 Å². The number of aromatic nitrogens is 5. The quantitative estimate of drug-likeness (QED) is 0.738. The van der Waals surface area contributed by atoms with Crippen molar-refractivity contribution in [1.82, 2.24) is 24.3 Å². The van der Waals surface area contributed by atoms with Crippen molar-refractivity contribution >= 4 is 5.97 Å². The Hall–Kier alpha value is -2.96. The molecule has 0 aliphatic heterocycles. The van der Waals surface area contributed by atoms with E-state index >= 15 is 0 Å². The lowest BCUT2D eigenvalue weighted by atomic mass is 9.49. The molecule has 148 valence electrons. The highest BCUT2D eigenvalue weighted by atomic mass is 16.4. The molecule has 2 atom stereocenters. The van der Waals surface area contributed by atoms with Crippen LogP contribution in [0, 0.1) is 11.8 Å². The highest BCUT2D eigenvalue weighted by Crippen LogP contribution is 2.63. The van der Waals surface area contributed by atoms with E-state index in [1.54, 1.807) is 18.5 Å². The molecule has 0 amide bonds. The maximum atomic E-state index is 11.8. The van der Waals surface area contributed by atoms with Crippen LogP contribution >= 0.6 is 0 Å². The average Bonchev–Trinajstić information content (AvgIpc) is 3.39. The SMILES string of the molecule is O=C(O)c1ccccc1-c1nccn1C12CC3CC(CC(n4cncn4)(C3)C1)C2. The van der Waals surface area contributed by atoms with Crippen LogP contribution in [0.15, 0.2) is 49.3 Å². The van der Waals surface area contributed by atoms with Gasteiger partial charge in [-0.25, -0.2) is 19.4 Å². The molecular weight excluding hydrogens is 366 g/mol. The first-order valence-electron chi connectivity index (χ1n) is 10.3. The fourth-order valence-corrected chi connectivity index (χ4v) is 6.92. The average molecular weight is 389 g/mol. The summed E-state index contributed by atoms with van der Waals surface area (Å²) in [5.41, 5.74) is 0.952. The van der Waals surface area contributed by atoms with Crippen molar-refractivity contribution in [2.75, 3.05) is 0 Å². The van der Waals surface area contributed by atoms with Crippen LogP contribution in [0.4, 0.5) is 0 Å². The van der Waals surface area contributed by atoms with Gasteiger partial charge in [-0.15, -0.1) is 0 Å². The number of rotatable bonds is 4. The van der Waals surface area contributed by atoms with Crippen molar-refractivity contribution in [3.63, 3.8) is 0 Å². The van der Waals surface area contributed by atoms with Crippen LogP contribution in [0.2, 0.25) is 0 Å². The lowest BCUT2D eigenvalue weighted by molar-refractivity contribution is -0.0968. The van der Waals surface area contributed by atoms with E-state index in [-0.39, 0.29) is 11.1 Å². The monoisotopic (exact) mass is 389 g/mol. The third-order valence-electron chi connectivity index (χ3n) is 7.45. The normalized spacial score (nSPS) is 32.6. The molecule has 3 aromatic rings. The van der Waals surface area contributed by atoms with Gasteiger partial charge in [-0.3, -0.25) is 0 Å². The molecule has 2 aromatic heterocycles. The van der Waals surface area contributed by atoms with Gasteiger partial charge in [0.1, 0.15) is 18.5 Å². The first-order chi connectivity index (χ1) is 14.1. The Bertz CT molecular complexity index is 1070. The van der Waals surface area contributed by atoms with E-state index in [0.717, 1.165) is 37.9 Å². The van der Waals surface area contributed by atoms with Gasteiger partial charge in [-0.05, 0) is 56.4 Å². The second kappa shape index (κ2) is 5.78. The summed E-state index contributed by atoms with van der Waals surface area (Å²) >= 11 is 0. The minimum Gasteiger partial charge on any atom is -0.478 e. The lowest BCUT2D eigenvalue weighted by Gasteiger charge is -2.62. The molecule has 7 rings (SSSR count). The summed E-state index contributed by atoms with van der Waals surface area (Å²) < 4.78 is 4.39. The first kappa shape index (κ1) is 16.9. The van der Waals surface area contributed by atoms with E-state index < -0.39 is 5.97 Å². The van der Waals surface area contributed by atoms with Crippen LogP contribution in [0.1, 0.15) is 48.9 Å². The number of hydrogen-bond donors (Lipinski definition) is 1. The number of nitrogens with zero attached hydrogens (tertiary/aromatic N) is 5. The van der Waals surface area contributed by atoms with Crippen molar-refractivity contribution in [3.05, 3.63) is 54.9 Å². The second-order valence-corrected chi connectivity index (χ2v) is 9.22. The number of carbonyl (C=O) groups is 1. The zero-order chi connectivity index (χ0) is 19.6. The molecule has 2 unspecified atom stereocenters. The van der Waals surface area contributed by atoms with E-state index in [0.29, 0.717) is 23.0 Å². The predicted octanol–water partition coefficient (Wildman–Crippen LogP) is 3.54. The molecule has 1 aromatic carbocycles. The van der Waals surface area contributed by atoms with Gasteiger partial charge >= 0.3 is 5.97 Å². The highest BCUT2D eigenvalue weighted by molar-refractivity contribution is 5.95. The zero-order valence-corrected chi connectivity index (χ0v) is 16.1. The molecule has 29 heavy (non-hydrogen) atoms. The van der Waals surface area contributed by atoms with Gasteiger partial charge < -0.3 is 9.67 Å². The number of imidazole rings is 1. The van der Waals surface area contributed by atoms with E-state index in [9.17, 15) is 9.90 Å². The molecule has 4 saturated carbocycles. The van der Waals surface area contributed by atoms with E-state index in [2.05, 4.69) is 30.5 Å². The van der Waals surface area contributed by atoms with Crippen LogP contribution in [-0.4, -0.2) is 35.4 Å². The molecule has 4 aliphatic carbocycles. The maximum absolute atomic E-state index is 11.8. The second-order valence-electron chi connectivity index (χ2n) is 9.22. The Labute approximate surface area is 168 Å². The largest absolute Gasteiger partial charge is 0.478 e. The zero-order valence-electron chi connectivity index (χ0n) is 16.1. The Kier molecular flexibility index (Phi) is 3.38. The Balaban J connectivity index is 1.49. The molecule has 1 N–H and O–H groups in total. The van der Waals surface area contributed by atoms with Gasteiger partial charge in [0.05, 0.1) is 11.1 Å². The lowest BCUT2D eigenvalue weighted by Crippen LogP contribution is -2.60. The van der Waals surface area contributed by atoms with E-state index in [4.69, 9.17) is 0 Å². The van der Waals surface area contributed by atoms with Crippen molar-refractivity contribution in [2.24, 2.45) is 11.8 Å². The van der Waals surface area contributed by atoms with Crippen molar-refractivity contribution in [1.29, 1.82) is 0 Å². The van der Waals surface area contributed by atoms with Crippen LogP contribution in [-0.2, 0) is 11.1 Å². The summed E-state index contributed by atoms with van der Waals surface area (Å²) in [7, 11) is 0. The molecular formula is C22H23N5O2. The molecule has 7 nitrogen and oxygen atoms in total. The van der Waals surface area contributed by atoms with Crippen LogP contribution < -0.4 is 0 Å². The summed E-state index contributed by atoms with van der Waals surface area (Å²) in [5, 5.41) is 14.2. The minimum atomic E-state index is -0.917. The Morgan fingerprint density at radius 3 is 2.59 bits per heavy atom. The fraction of sp³-hybridized carbons (Fsp3) is 0.455. The number of aromatic carboxylic acids is 1. The fourth-order valence-electron chi connectivity index (χ4n) is 6.92. The maximum Gasteiger partial charge on any atom is 0.336 e. The van der Waals surface area contributed by atoms with Crippen molar-refractivity contribution < 1.29 is 9.90 Å². The summed E-state index contributed by atoms with van der Waals surface area (Å²) in [5.74, 6) is 1.16. The Morgan fingerprint density at radius 2 is 1.86 bits per heavy atom. The molecule has 7 heteroatoms. The number of benzene rings is 1. The molecule has 0 saturated heterocycles. The van der Waals surface area contributed by atoms with Crippen molar-refractivity contribution in [3.8, 4) is 11.4 Å². The van der Waals surface area contributed by atoms with Gasteiger partial charge in [0.2, 0.25) is 0 Å². The Morgan fingerprint density at radius 1 is 1.10 bits per heavy atom. The summed E-state index contributed by atoms with van der Waals surface area (Å²) in [4.78, 5) is 20.7. The van der Waals surface area contributed by atoms with Gasteiger partial charge in [0.15, 0.2) is 0 Å². The minimum absolute atomic E-state index is 0.00837. The molecule has 2 heterocycles. The molecule has 4 bridgehead atoms. The van der Waals surface area contributed by atoms with Crippen LogP contribution in [0.3, 0.4) is 0 Å². The van der Waals surface area contributed by atoms with Gasteiger partial charge in [-0.1, -0.05) is 18.2 Å². The standard InChI is InChI=1S/C22H23N5O2/c28-20(29)18-4-2-1-3-17(18)19-24-5-6-26(19)21-8-15-7-16(9-21)11-22(10-15,12-21)27-14-23-13-25-27/h1-6,13-16H,7-12H2,(H,28,29). The first-order valence-corrected chi connectivity index (χ1v) is 10.3. The van der Waals surface area contributed by atoms with Crippen LogP contribution in [0.25, 0.3) is 11.4 Å².